The molecule has 1 aromatic rings. The van der Waals surface area contributed by atoms with Gasteiger partial charge in [0.05, 0.1) is 0 Å². The van der Waals surface area contributed by atoms with Crippen LogP contribution in [0.25, 0.3) is 0 Å². The fraction of sp³-hybridized carbons (Fsp3) is 0.417. The van der Waals surface area contributed by atoms with Crippen molar-refractivity contribution in [2.75, 3.05) is 6.54 Å². The molecule has 1 saturated heterocycles. The van der Waals surface area contributed by atoms with Gasteiger partial charge in [0.2, 0.25) is 0 Å². The van der Waals surface area contributed by atoms with E-state index >= 15 is 0 Å². The molecular formula is C12H13F2NO3. The predicted octanol–water partition coefficient (Wildman–Crippen LogP) is 2.14. The Morgan fingerprint density at radius 3 is 3.00 bits per heavy atom. The smallest absolute Gasteiger partial charge is 0.450 e. The molecule has 0 radical (unpaired) electrons. The Kier molecular flexibility index (Phi) is 3.76. The standard InChI is InChI=1S/C12H13F2NO3/c13-9-3-1-2-8(11(9)14)4-7-5-10(15-6-7)18-12(16)17/h1-3,7,10,15H,4-6H2,(H,16,17)/t7-,10-/m0/s1. The lowest BCUT2D eigenvalue weighted by atomic mass is 9.98. The number of hydrogen-bond acceptors (Lipinski definition) is 3. The van der Waals surface area contributed by atoms with Crippen LogP contribution in [0.4, 0.5) is 13.6 Å². The molecule has 0 unspecified atom stereocenters. The molecule has 6 heteroatoms. The van der Waals surface area contributed by atoms with Crippen LogP contribution in [0.1, 0.15) is 12.0 Å². The summed E-state index contributed by atoms with van der Waals surface area (Å²) in [4.78, 5) is 10.3. The van der Waals surface area contributed by atoms with Crippen molar-refractivity contribution in [1.29, 1.82) is 0 Å². The monoisotopic (exact) mass is 257 g/mol. The maximum absolute atomic E-state index is 13.4. The third-order valence-corrected chi connectivity index (χ3v) is 2.96. The highest BCUT2D eigenvalue weighted by Crippen LogP contribution is 2.22. The molecule has 0 spiro atoms. The van der Waals surface area contributed by atoms with Crippen molar-refractivity contribution in [3.05, 3.63) is 35.4 Å². The number of ether oxygens (including phenoxy) is 1. The van der Waals surface area contributed by atoms with Crippen LogP contribution >= 0.6 is 0 Å². The maximum atomic E-state index is 13.4. The van der Waals surface area contributed by atoms with Crippen LogP contribution in [0, 0.1) is 17.6 Å². The summed E-state index contributed by atoms with van der Waals surface area (Å²) in [5.74, 6) is -1.66. The zero-order valence-corrected chi connectivity index (χ0v) is 9.53. The number of benzene rings is 1. The quantitative estimate of drug-likeness (QED) is 0.814. The van der Waals surface area contributed by atoms with Crippen LogP contribution in [0.5, 0.6) is 0 Å². The Morgan fingerprint density at radius 2 is 2.28 bits per heavy atom. The van der Waals surface area contributed by atoms with Crippen LogP contribution < -0.4 is 5.32 Å². The number of rotatable bonds is 3. The largest absolute Gasteiger partial charge is 0.507 e. The number of carbonyl (C=O) groups is 1. The number of halogens is 2. The molecule has 1 heterocycles. The van der Waals surface area contributed by atoms with Crippen molar-refractivity contribution < 1.29 is 23.4 Å². The van der Waals surface area contributed by atoms with E-state index in [4.69, 9.17) is 5.11 Å². The van der Waals surface area contributed by atoms with Gasteiger partial charge in [0.1, 0.15) is 0 Å². The first-order chi connectivity index (χ1) is 8.56. The molecule has 0 saturated carbocycles. The van der Waals surface area contributed by atoms with Gasteiger partial charge in [-0.1, -0.05) is 12.1 Å². The Balaban J connectivity index is 1.95. The molecule has 0 aromatic heterocycles. The molecule has 1 aromatic carbocycles. The average Bonchev–Trinajstić information content (AvgIpc) is 2.71. The predicted molar refractivity (Wildman–Crippen MR) is 59.1 cm³/mol. The van der Waals surface area contributed by atoms with E-state index in [1.165, 1.54) is 12.1 Å². The molecule has 18 heavy (non-hydrogen) atoms. The van der Waals surface area contributed by atoms with Crippen LogP contribution in [0.2, 0.25) is 0 Å². The molecule has 1 aliphatic rings. The van der Waals surface area contributed by atoms with E-state index in [9.17, 15) is 13.6 Å². The molecule has 98 valence electrons. The molecule has 2 N–H and O–H groups in total. The maximum Gasteiger partial charge on any atom is 0.507 e. The summed E-state index contributed by atoms with van der Waals surface area (Å²) in [7, 11) is 0. The van der Waals surface area contributed by atoms with Gasteiger partial charge in [-0.3, -0.25) is 5.32 Å². The second-order valence-corrected chi connectivity index (χ2v) is 4.30. The summed E-state index contributed by atoms with van der Waals surface area (Å²) in [5.41, 5.74) is 0.303. The van der Waals surface area contributed by atoms with Gasteiger partial charge in [0.15, 0.2) is 17.9 Å². The molecule has 2 rings (SSSR count). The zero-order chi connectivity index (χ0) is 13.1. The first-order valence-electron chi connectivity index (χ1n) is 5.62. The van der Waals surface area contributed by atoms with Crippen molar-refractivity contribution in [3.8, 4) is 0 Å². The summed E-state index contributed by atoms with van der Waals surface area (Å²) in [6.07, 6.45) is -1.09. The van der Waals surface area contributed by atoms with E-state index in [-0.39, 0.29) is 5.92 Å². The van der Waals surface area contributed by atoms with Gasteiger partial charge in [0, 0.05) is 13.0 Å². The lowest BCUT2D eigenvalue weighted by molar-refractivity contribution is 0.0443. The van der Waals surface area contributed by atoms with Gasteiger partial charge in [-0.2, -0.15) is 0 Å². The molecule has 1 aliphatic heterocycles. The lowest BCUT2D eigenvalue weighted by Crippen LogP contribution is -2.26. The second-order valence-electron chi connectivity index (χ2n) is 4.30. The van der Waals surface area contributed by atoms with E-state index in [0.717, 1.165) is 6.07 Å². The Hall–Kier alpha value is -1.69. The van der Waals surface area contributed by atoms with Crippen molar-refractivity contribution in [1.82, 2.24) is 5.32 Å². The van der Waals surface area contributed by atoms with Gasteiger partial charge in [-0.05, 0) is 24.0 Å². The van der Waals surface area contributed by atoms with Gasteiger partial charge >= 0.3 is 6.16 Å². The van der Waals surface area contributed by atoms with Crippen molar-refractivity contribution in [3.63, 3.8) is 0 Å². The van der Waals surface area contributed by atoms with Gasteiger partial charge < -0.3 is 9.84 Å². The van der Waals surface area contributed by atoms with Crippen molar-refractivity contribution >= 4 is 6.16 Å². The van der Waals surface area contributed by atoms with E-state index in [0.29, 0.717) is 24.9 Å². The number of hydrogen-bond donors (Lipinski definition) is 2. The average molecular weight is 257 g/mol. The highest BCUT2D eigenvalue weighted by Gasteiger charge is 2.27. The van der Waals surface area contributed by atoms with Crippen LogP contribution in [-0.4, -0.2) is 24.0 Å². The minimum atomic E-state index is -1.34. The van der Waals surface area contributed by atoms with Gasteiger partial charge in [0.25, 0.3) is 0 Å². The summed E-state index contributed by atoms with van der Waals surface area (Å²) in [5, 5.41) is 11.3. The highest BCUT2D eigenvalue weighted by atomic mass is 19.2. The summed E-state index contributed by atoms with van der Waals surface area (Å²) in [6, 6.07) is 4.06. The number of nitrogens with one attached hydrogen (secondary N) is 1. The van der Waals surface area contributed by atoms with E-state index < -0.39 is 24.0 Å². The minimum absolute atomic E-state index is 0.0330. The summed E-state index contributed by atoms with van der Waals surface area (Å²) >= 11 is 0. The molecule has 1 fully saturated rings. The number of carboxylic acid groups (broad SMARTS) is 1. The second kappa shape index (κ2) is 5.30. The third kappa shape index (κ3) is 2.95. The highest BCUT2D eigenvalue weighted by molar-refractivity contribution is 5.57. The van der Waals surface area contributed by atoms with Gasteiger partial charge in [-0.25, -0.2) is 13.6 Å². The lowest BCUT2D eigenvalue weighted by Gasteiger charge is -2.10. The summed E-state index contributed by atoms with van der Waals surface area (Å²) < 4.78 is 31.0. The normalized spacial score (nSPS) is 23.0. The third-order valence-electron chi connectivity index (χ3n) is 2.96. The molecule has 4 nitrogen and oxygen atoms in total. The molecular weight excluding hydrogens is 244 g/mol. The molecule has 2 atom stereocenters. The molecule has 0 amide bonds. The van der Waals surface area contributed by atoms with E-state index in [1.54, 1.807) is 0 Å². The first kappa shape index (κ1) is 12.8. The fourth-order valence-corrected chi connectivity index (χ4v) is 2.15. The fourth-order valence-electron chi connectivity index (χ4n) is 2.15. The minimum Gasteiger partial charge on any atom is -0.450 e. The van der Waals surface area contributed by atoms with Gasteiger partial charge in [-0.15, -0.1) is 0 Å². The Bertz CT molecular complexity index is 453. The SMILES string of the molecule is O=C(O)O[C@H]1C[C@H](Cc2cccc(F)c2F)CN1. The zero-order valence-electron chi connectivity index (χ0n) is 9.53. The van der Waals surface area contributed by atoms with Crippen LogP contribution in [0.3, 0.4) is 0 Å². The first-order valence-corrected chi connectivity index (χ1v) is 5.62. The van der Waals surface area contributed by atoms with Crippen molar-refractivity contribution in [2.45, 2.75) is 19.1 Å². The van der Waals surface area contributed by atoms with E-state index in [2.05, 4.69) is 10.1 Å². The van der Waals surface area contributed by atoms with Crippen LogP contribution in [0.15, 0.2) is 18.2 Å². The van der Waals surface area contributed by atoms with Crippen molar-refractivity contribution in [2.24, 2.45) is 5.92 Å². The topological polar surface area (TPSA) is 58.6 Å². The Labute approximate surface area is 103 Å². The summed E-state index contributed by atoms with van der Waals surface area (Å²) in [6.45, 7) is 0.522. The van der Waals surface area contributed by atoms with Crippen LogP contribution in [-0.2, 0) is 11.2 Å². The molecule has 0 aliphatic carbocycles. The van der Waals surface area contributed by atoms with E-state index in [1.807, 2.05) is 0 Å². The Morgan fingerprint density at radius 1 is 1.50 bits per heavy atom. The molecule has 0 bridgehead atoms.